The predicted molar refractivity (Wildman–Crippen MR) is 65.6 cm³/mol. The quantitative estimate of drug-likeness (QED) is 0.468. The summed E-state index contributed by atoms with van der Waals surface area (Å²) in [6, 6.07) is 3.97. The molecule has 0 radical (unpaired) electrons. The van der Waals surface area contributed by atoms with Crippen LogP contribution in [0.2, 0.25) is 0 Å². The molecule has 100 valence electrons. The predicted octanol–water partition coefficient (Wildman–Crippen LogP) is 0.615. The molecular weight excluding hydrogens is 254 g/mol. The second-order valence-corrected chi connectivity index (χ2v) is 4.24. The Labute approximate surface area is 107 Å². The molecule has 1 atom stereocenters. The van der Waals surface area contributed by atoms with E-state index >= 15 is 0 Å². The fourth-order valence-electron chi connectivity index (χ4n) is 1.98. The van der Waals surface area contributed by atoms with E-state index in [0.717, 1.165) is 0 Å². The topological polar surface area (TPSA) is 127 Å². The molecule has 0 saturated carbocycles. The minimum Gasteiger partial charge on any atom is -0.481 e. The van der Waals surface area contributed by atoms with Gasteiger partial charge < -0.3 is 15.7 Å². The van der Waals surface area contributed by atoms with Gasteiger partial charge in [-0.05, 0) is 12.1 Å². The van der Waals surface area contributed by atoms with E-state index in [1.54, 1.807) is 0 Å². The van der Waals surface area contributed by atoms with Gasteiger partial charge in [-0.15, -0.1) is 0 Å². The lowest BCUT2D eigenvalue weighted by Gasteiger charge is -2.16. The van der Waals surface area contributed by atoms with Crippen LogP contribution in [0.3, 0.4) is 0 Å². The third-order valence-electron chi connectivity index (χ3n) is 3.00. The highest BCUT2D eigenvalue weighted by Crippen LogP contribution is 2.31. The first-order valence-electron chi connectivity index (χ1n) is 5.47. The van der Waals surface area contributed by atoms with Crippen molar-refractivity contribution in [1.29, 1.82) is 0 Å². The van der Waals surface area contributed by atoms with E-state index in [4.69, 9.17) is 10.8 Å². The molecule has 0 bridgehead atoms. The molecule has 1 aliphatic rings. The van der Waals surface area contributed by atoms with Crippen LogP contribution in [0, 0.1) is 16.0 Å². The Balaban J connectivity index is 2.33. The summed E-state index contributed by atoms with van der Waals surface area (Å²) < 4.78 is 0. The zero-order valence-electron chi connectivity index (χ0n) is 9.78. The number of nitrogens with zero attached hydrogens (tertiary/aromatic N) is 2. The molecule has 8 nitrogen and oxygen atoms in total. The lowest BCUT2D eigenvalue weighted by atomic mass is 10.1. The van der Waals surface area contributed by atoms with Crippen LogP contribution in [0.15, 0.2) is 18.2 Å². The van der Waals surface area contributed by atoms with Gasteiger partial charge in [0.05, 0.1) is 16.5 Å². The van der Waals surface area contributed by atoms with Crippen LogP contribution < -0.4 is 10.6 Å². The van der Waals surface area contributed by atoms with E-state index in [-0.39, 0.29) is 35.9 Å². The molecule has 1 amide bonds. The Kier molecular flexibility index (Phi) is 3.07. The van der Waals surface area contributed by atoms with E-state index in [1.165, 1.54) is 23.1 Å². The van der Waals surface area contributed by atoms with Gasteiger partial charge in [0.15, 0.2) is 0 Å². The van der Waals surface area contributed by atoms with E-state index in [0.29, 0.717) is 0 Å². The number of carbonyl (C=O) groups is 2. The number of nitrogens with two attached hydrogens (primary N) is 1. The molecule has 1 unspecified atom stereocenters. The van der Waals surface area contributed by atoms with E-state index in [2.05, 4.69) is 0 Å². The fraction of sp³-hybridized carbons (Fsp3) is 0.273. The van der Waals surface area contributed by atoms with Gasteiger partial charge in [0.2, 0.25) is 5.91 Å². The number of benzene rings is 1. The number of hydrogen-bond donors (Lipinski definition) is 2. The molecule has 1 aliphatic heterocycles. The van der Waals surface area contributed by atoms with Crippen LogP contribution in [0.25, 0.3) is 0 Å². The summed E-state index contributed by atoms with van der Waals surface area (Å²) in [4.78, 5) is 33.9. The Morgan fingerprint density at radius 1 is 1.53 bits per heavy atom. The molecule has 0 spiro atoms. The third kappa shape index (κ3) is 2.32. The van der Waals surface area contributed by atoms with Crippen molar-refractivity contribution in [2.45, 2.75) is 6.42 Å². The maximum atomic E-state index is 11.7. The largest absolute Gasteiger partial charge is 0.481 e. The standard InChI is InChI=1S/C11H11N3O5/c12-8-2-1-7(4-9(8)14(18)19)13-5-6(11(16)17)3-10(13)15/h1-2,4,6H,3,5,12H2,(H,16,17). The average molecular weight is 265 g/mol. The number of aliphatic carboxylic acids is 1. The van der Waals surface area contributed by atoms with Gasteiger partial charge in [0, 0.05) is 19.0 Å². The number of nitro groups is 1. The summed E-state index contributed by atoms with van der Waals surface area (Å²) in [5.74, 6) is -2.21. The highest BCUT2D eigenvalue weighted by molar-refractivity contribution is 5.99. The number of hydrogen-bond acceptors (Lipinski definition) is 5. The van der Waals surface area contributed by atoms with Crippen LogP contribution in [0.5, 0.6) is 0 Å². The van der Waals surface area contributed by atoms with Crippen molar-refractivity contribution >= 4 is 28.9 Å². The molecule has 0 aromatic heterocycles. The Bertz CT molecular complexity index is 571. The van der Waals surface area contributed by atoms with Crippen molar-refractivity contribution < 1.29 is 19.6 Å². The van der Waals surface area contributed by atoms with Gasteiger partial charge in [-0.2, -0.15) is 0 Å². The smallest absolute Gasteiger partial charge is 0.308 e. The number of anilines is 2. The maximum absolute atomic E-state index is 11.7. The first kappa shape index (κ1) is 12.8. The SMILES string of the molecule is Nc1ccc(N2CC(C(=O)O)CC2=O)cc1[N+](=O)[O-]. The van der Waals surface area contributed by atoms with Crippen molar-refractivity contribution in [3.63, 3.8) is 0 Å². The maximum Gasteiger partial charge on any atom is 0.308 e. The molecule has 1 saturated heterocycles. The first-order chi connectivity index (χ1) is 8.90. The van der Waals surface area contributed by atoms with E-state index in [9.17, 15) is 19.7 Å². The number of carboxylic acids is 1. The molecule has 1 aromatic rings. The summed E-state index contributed by atoms with van der Waals surface area (Å²) in [5.41, 5.74) is 5.44. The van der Waals surface area contributed by atoms with Gasteiger partial charge in [0.25, 0.3) is 5.69 Å². The summed E-state index contributed by atoms with van der Waals surface area (Å²) >= 11 is 0. The van der Waals surface area contributed by atoms with Crippen molar-refractivity contribution in [1.82, 2.24) is 0 Å². The number of amides is 1. The number of nitrogen functional groups attached to an aromatic ring is 1. The molecule has 1 fully saturated rings. The summed E-state index contributed by atoms with van der Waals surface area (Å²) in [5, 5.41) is 19.6. The lowest BCUT2D eigenvalue weighted by Crippen LogP contribution is -2.25. The van der Waals surface area contributed by atoms with Crippen molar-refractivity contribution in [2.75, 3.05) is 17.2 Å². The number of carbonyl (C=O) groups excluding carboxylic acids is 1. The second-order valence-electron chi connectivity index (χ2n) is 4.24. The highest BCUT2D eigenvalue weighted by atomic mass is 16.6. The minimum absolute atomic E-state index is 0.00446. The van der Waals surface area contributed by atoms with Crippen LogP contribution in [-0.2, 0) is 9.59 Å². The van der Waals surface area contributed by atoms with Gasteiger partial charge in [0.1, 0.15) is 5.69 Å². The Morgan fingerprint density at radius 2 is 2.21 bits per heavy atom. The molecule has 0 aliphatic carbocycles. The molecule has 2 rings (SSSR count). The molecule has 8 heteroatoms. The number of nitro benzene ring substituents is 1. The summed E-state index contributed by atoms with van der Waals surface area (Å²) in [6.07, 6.45) is -0.104. The number of carboxylic acid groups (broad SMARTS) is 1. The fourth-order valence-corrected chi connectivity index (χ4v) is 1.98. The van der Waals surface area contributed by atoms with Crippen molar-refractivity contribution in [2.24, 2.45) is 5.92 Å². The van der Waals surface area contributed by atoms with Crippen molar-refractivity contribution in [3.8, 4) is 0 Å². The molecule has 3 N–H and O–H groups in total. The second kappa shape index (κ2) is 4.56. The Morgan fingerprint density at radius 3 is 2.74 bits per heavy atom. The van der Waals surface area contributed by atoms with E-state index < -0.39 is 16.8 Å². The normalized spacial score (nSPS) is 18.6. The van der Waals surface area contributed by atoms with Crippen LogP contribution in [-0.4, -0.2) is 28.5 Å². The highest BCUT2D eigenvalue weighted by Gasteiger charge is 2.35. The van der Waals surface area contributed by atoms with Gasteiger partial charge in [-0.1, -0.05) is 0 Å². The lowest BCUT2D eigenvalue weighted by molar-refractivity contribution is -0.383. The van der Waals surface area contributed by atoms with Gasteiger partial charge in [-0.25, -0.2) is 0 Å². The zero-order valence-corrected chi connectivity index (χ0v) is 9.78. The number of rotatable bonds is 3. The summed E-state index contributed by atoms with van der Waals surface area (Å²) in [6.45, 7) is 0.00917. The molecular formula is C11H11N3O5. The Hall–Kier alpha value is -2.64. The first-order valence-corrected chi connectivity index (χ1v) is 5.47. The average Bonchev–Trinajstić information content (AvgIpc) is 2.72. The third-order valence-corrected chi connectivity index (χ3v) is 3.00. The van der Waals surface area contributed by atoms with Crippen molar-refractivity contribution in [3.05, 3.63) is 28.3 Å². The molecule has 1 aromatic carbocycles. The molecule has 19 heavy (non-hydrogen) atoms. The van der Waals surface area contributed by atoms with Gasteiger partial charge >= 0.3 is 5.97 Å². The van der Waals surface area contributed by atoms with Crippen LogP contribution >= 0.6 is 0 Å². The van der Waals surface area contributed by atoms with E-state index in [1.807, 2.05) is 0 Å². The molecule has 1 heterocycles. The minimum atomic E-state index is -1.05. The van der Waals surface area contributed by atoms with Crippen LogP contribution in [0.4, 0.5) is 17.1 Å². The van der Waals surface area contributed by atoms with Gasteiger partial charge in [-0.3, -0.25) is 19.7 Å². The van der Waals surface area contributed by atoms with Crippen LogP contribution in [0.1, 0.15) is 6.42 Å². The monoisotopic (exact) mass is 265 g/mol. The zero-order chi connectivity index (χ0) is 14.2. The summed E-state index contributed by atoms with van der Waals surface area (Å²) in [7, 11) is 0.